The van der Waals surface area contributed by atoms with Crippen LogP contribution in [0.5, 0.6) is 17.2 Å². The summed E-state index contributed by atoms with van der Waals surface area (Å²) in [5.74, 6) is 1.43. The van der Waals surface area contributed by atoms with E-state index >= 15 is 0 Å². The first-order chi connectivity index (χ1) is 11.1. The molecule has 3 rings (SSSR count). The summed E-state index contributed by atoms with van der Waals surface area (Å²) in [6.45, 7) is 1.95. The number of benzene rings is 2. The number of aryl methyl sites for hydroxylation is 1. The highest BCUT2D eigenvalue weighted by molar-refractivity contribution is 5.97. The molecule has 1 heterocycles. The molecule has 120 valence electrons. The molecular formula is C18H18O5. The van der Waals surface area contributed by atoms with E-state index in [4.69, 9.17) is 18.9 Å². The van der Waals surface area contributed by atoms with Gasteiger partial charge in [-0.15, -0.1) is 0 Å². The average molecular weight is 314 g/mol. The monoisotopic (exact) mass is 314 g/mol. The van der Waals surface area contributed by atoms with E-state index < -0.39 is 6.10 Å². The topological polar surface area (TPSA) is 54.0 Å². The Morgan fingerprint density at radius 2 is 1.57 bits per heavy atom. The Morgan fingerprint density at radius 3 is 2.13 bits per heavy atom. The number of ether oxygens (including phenoxy) is 4. The lowest BCUT2D eigenvalue weighted by Crippen LogP contribution is -2.02. The van der Waals surface area contributed by atoms with Gasteiger partial charge in [-0.2, -0.15) is 0 Å². The second-order valence-electron chi connectivity index (χ2n) is 5.36. The van der Waals surface area contributed by atoms with Crippen LogP contribution in [-0.2, 0) is 4.74 Å². The van der Waals surface area contributed by atoms with Crippen LogP contribution in [-0.4, -0.2) is 27.3 Å². The molecule has 1 atom stereocenters. The SMILES string of the molecule is COc1cc(OC)cc(C2OC(=O)c3c(OC)cc(C)cc32)c1. The molecule has 2 aromatic carbocycles. The van der Waals surface area contributed by atoms with Crippen molar-refractivity contribution in [3.8, 4) is 17.2 Å². The van der Waals surface area contributed by atoms with Gasteiger partial charge in [-0.05, 0) is 30.7 Å². The molecule has 5 nitrogen and oxygen atoms in total. The molecular weight excluding hydrogens is 296 g/mol. The number of rotatable bonds is 4. The predicted molar refractivity (Wildman–Crippen MR) is 84.5 cm³/mol. The quantitative estimate of drug-likeness (QED) is 0.811. The van der Waals surface area contributed by atoms with Crippen molar-refractivity contribution in [1.29, 1.82) is 0 Å². The number of methoxy groups -OCH3 is 3. The van der Waals surface area contributed by atoms with Gasteiger partial charge in [-0.25, -0.2) is 4.79 Å². The number of esters is 1. The van der Waals surface area contributed by atoms with E-state index in [0.717, 1.165) is 16.7 Å². The maximum atomic E-state index is 12.3. The highest BCUT2D eigenvalue weighted by Crippen LogP contribution is 2.42. The van der Waals surface area contributed by atoms with Crippen molar-refractivity contribution in [3.05, 3.63) is 52.6 Å². The second-order valence-corrected chi connectivity index (χ2v) is 5.36. The van der Waals surface area contributed by atoms with Crippen LogP contribution in [0.25, 0.3) is 0 Å². The van der Waals surface area contributed by atoms with Crippen molar-refractivity contribution in [2.24, 2.45) is 0 Å². The summed E-state index contributed by atoms with van der Waals surface area (Å²) in [5.41, 5.74) is 3.06. The Labute approximate surface area is 134 Å². The van der Waals surface area contributed by atoms with Crippen LogP contribution in [0.4, 0.5) is 0 Å². The minimum atomic E-state index is -0.504. The van der Waals surface area contributed by atoms with Gasteiger partial charge in [0.2, 0.25) is 0 Å². The third kappa shape index (κ3) is 2.59. The molecule has 5 heteroatoms. The van der Waals surface area contributed by atoms with Crippen molar-refractivity contribution >= 4 is 5.97 Å². The number of fused-ring (bicyclic) bond motifs is 1. The number of carbonyl (C=O) groups is 1. The molecule has 23 heavy (non-hydrogen) atoms. The lowest BCUT2D eigenvalue weighted by Gasteiger charge is -2.15. The molecule has 0 spiro atoms. The van der Waals surface area contributed by atoms with Crippen molar-refractivity contribution < 1.29 is 23.7 Å². The first kappa shape index (κ1) is 15.2. The third-order valence-corrected chi connectivity index (χ3v) is 3.88. The summed E-state index contributed by atoms with van der Waals surface area (Å²) in [5, 5.41) is 0. The maximum Gasteiger partial charge on any atom is 0.343 e. The maximum absolute atomic E-state index is 12.3. The third-order valence-electron chi connectivity index (χ3n) is 3.88. The number of carbonyl (C=O) groups excluding carboxylic acids is 1. The summed E-state index contributed by atoms with van der Waals surface area (Å²) in [6.07, 6.45) is -0.504. The highest BCUT2D eigenvalue weighted by Gasteiger charge is 2.35. The predicted octanol–water partition coefficient (Wildman–Crippen LogP) is 3.28. The molecule has 0 N–H and O–H groups in total. The molecule has 0 bridgehead atoms. The molecule has 0 aliphatic carbocycles. The lowest BCUT2D eigenvalue weighted by atomic mass is 9.96. The van der Waals surface area contributed by atoms with Gasteiger partial charge in [0.15, 0.2) is 6.10 Å². The van der Waals surface area contributed by atoms with Crippen LogP contribution in [0.1, 0.15) is 33.2 Å². The average Bonchev–Trinajstić information content (AvgIpc) is 2.90. The van der Waals surface area contributed by atoms with Gasteiger partial charge >= 0.3 is 5.97 Å². The van der Waals surface area contributed by atoms with Crippen molar-refractivity contribution in [2.75, 3.05) is 21.3 Å². The molecule has 0 saturated carbocycles. The number of cyclic esters (lactones) is 1. The van der Waals surface area contributed by atoms with Gasteiger partial charge in [-0.3, -0.25) is 0 Å². The summed E-state index contributed by atoms with van der Waals surface area (Å²) >= 11 is 0. The molecule has 1 unspecified atom stereocenters. The Bertz CT molecular complexity index is 744. The van der Waals surface area contributed by atoms with Gasteiger partial charge in [0.05, 0.1) is 21.3 Å². The molecule has 0 fully saturated rings. The summed E-state index contributed by atoms with van der Waals surface area (Å²) < 4.78 is 21.5. The Kier molecular flexibility index (Phi) is 3.86. The molecule has 1 aliphatic heterocycles. The first-order valence-corrected chi connectivity index (χ1v) is 7.20. The van der Waals surface area contributed by atoms with Crippen molar-refractivity contribution in [1.82, 2.24) is 0 Å². The molecule has 2 aromatic rings. The Morgan fingerprint density at radius 1 is 0.913 bits per heavy atom. The minimum absolute atomic E-state index is 0.386. The zero-order valence-electron chi connectivity index (χ0n) is 13.5. The lowest BCUT2D eigenvalue weighted by molar-refractivity contribution is 0.0453. The van der Waals surface area contributed by atoms with Crippen LogP contribution in [0.15, 0.2) is 30.3 Å². The van der Waals surface area contributed by atoms with E-state index in [0.29, 0.717) is 22.8 Å². The van der Waals surface area contributed by atoms with Gasteiger partial charge in [0, 0.05) is 17.2 Å². The van der Waals surface area contributed by atoms with E-state index in [1.54, 1.807) is 27.4 Å². The number of hydrogen-bond donors (Lipinski definition) is 0. The molecule has 0 amide bonds. The van der Waals surface area contributed by atoms with E-state index in [-0.39, 0.29) is 5.97 Å². The van der Waals surface area contributed by atoms with Gasteiger partial charge in [0.1, 0.15) is 22.8 Å². The standard InChI is InChI=1S/C18H18O5/c1-10-5-14-16(15(6-10)22-4)18(19)23-17(14)11-7-12(20-2)9-13(8-11)21-3/h5-9,17H,1-4H3. The fraction of sp³-hybridized carbons (Fsp3) is 0.278. The zero-order valence-corrected chi connectivity index (χ0v) is 13.5. The van der Waals surface area contributed by atoms with Crippen molar-refractivity contribution in [2.45, 2.75) is 13.0 Å². The molecule has 0 aromatic heterocycles. The first-order valence-electron chi connectivity index (χ1n) is 7.20. The van der Waals surface area contributed by atoms with Crippen molar-refractivity contribution in [3.63, 3.8) is 0 Å². The van der Waals surface area contributed by atoms with E-state index in [2.05, 4.69) is 0 Å². The largest absolute Gasteiger partial charge is 0.497 e. The fourth-order valence-electron chi connectivity index (χ4n) is 2.82. The highest BCUT2D eigenvalue weighted by atomic mass is 16.6. The normalized spacial score (nSPS) is 15.8. The number of hydrogen-bond acceptors (Lipinski definition) is 5. The Hall–Kier alpha value is -2.69. The van der Waals surface area contributed by atoms with E-state index in [1.165, 1.54) is 0 Å². The fourth-order valence-corrected chi connectivity index (χ4v) is 2.82. The van der Waals surface area contributed by atoms with Gasteiger partial charge in [0.25, 0.3) is 0 Å². The van der Waals surface area contributed by atoms with Crippen LogP contribution >= 0.6 is 0 Å². The zero-order chi connectivity index (χ0) is 16.6. The molecule has 0 radical (unpaired) electrons. The Balaban J connectivity index is 2.15. The van der Waals surface area contributed by atoms with E-state index in [9.17, 15) is 4.79 Å². The van der Waals surface area contributed by atoms with Crippen LogP contribution < -0.4 is 14.2 Å². The van der Waals surface area contributed by atoms with Gasteiger partial charge < -0.3 is 18.9 Å². The van der Waals surface area contributed by atoms with Crippen LogP contribution in [0, 0.1) is 6.92 Å². The minimum Gasteiger partial charge on any atom is -0.497 e. The second kappa shape index (κ2) is 5.83. The summed E-state index contributed by atoms with van der Waals surface area (Å²) in [7, 11) is 4.71. The smallest absolute Gasteiger partial charge is 0.343 e. The molecule has 0 saturated heterocycles. The van der Waals surface area contributed by atoms with Crippen LogP contribution in [0.3, 0.4) is 0 Å². The summed E-state index contributed by atoms with van der Waals surface area (Å²) in [4.78, 5) is 12.3. The molecule has 1 aliphatic rings. The van der Waals surface area contributed by atoms with E-state index in [1.807, 2.05) is 31.2 Å². The summed E-state index contributed by atoms with van der Waals surface area (Å²) in [6, 6.07) is 9.22. The van der Waals surface area contributed by atoms with Gasteiger partial charge in [-0.1, -0.05) is 6.07 Å². The van der Waals surface area contributed by atoms with Crippen LogP contribution in [0.2, 0.25) is 0 Å².